The fourth-order valence-corrected chi connectivity index (χ4v) is 6.03. The van der Waals surface area contributed by atoms with E-state index in [4.69, 9.17) is 4.74 Å². The predicted octanol–water partition coefficient (Wildman–Crippen LogP) is 5.03. The van der Waals surface area contributed by atoms with Crippen LogP contribution in [0.25, 0.3) is 0 Å². The molecule has 0 radical (unpaired) electrons. The maximum absolute atomic E-state index is 12.9. The Morgan fingerprint density at radius 3 is 2.44 bits per heavy atom. The van der Waals surface area contributed by atoms with Crippen molar-refractivity contribution >= 4 is 33.4 Å². The first kappa shape index (κ1) is 24.5. The number of nitrogens with zero attached hydrogens (tertiary/aromatic N) is 1. The van der Waals surface area contributed by atoms with Gasteiger partial charge in [0, 0.05) is 36.5 Å². The van der Waals surface area contributed by atoms with Crippen molar-refractivity contribution in [1.29, 1.82) is 0 Å². The molecular formula is C26H28N2O4S2. The number of thioether (sulfide) groups is 1. The van der Waals surface area contributed by atoms with Gasteiger partial charge in [0.25, 0.3) is 5.91 Å². The summed E-state index contributed by atoms with van der Waals surface area (Å²) < 4.78 is 32.9. The molecule has 1 N–H and O–H groups in total. The smallest absolute Gasteiger partial charge is 0.256 e. The number of anilines is 1. The second-order valence-corrected chi connectivity index (χ2v) is 11.3. The molecule has 1 saturated heterocycles. The minimum absolute atomic E-state index is 0.177. The summed E-state index contributed by atoms with van der Waals surface area (Å²) >= 11 is 1.62. The second-order valence-electron chi connectivity index (χ2n) is 8.17. The SMILES string of the molecule is CN(Cc1ccccc1)S(=O)(=O)c1ccc(NC(=O)c2ccccc2SCC2CCCO2)cc1. The summed E-state index contributed by atoms with van der Waals surface area (Å²) in [5, 5.41) is 2.88. The minimum Gasteiger partial charge on any atom is -0.377 e. The summed E-state index contributed by atoms with van der Waals surface area (Å²) in [4.78, 5) is 14.0. The van der Waals surface area contributed by atoms with Crippen molar-refractivity contribution in [3.05, 3.63) is 90.0 Å². The van der Waals surface area contributed by atoms with Crippen molar-refractivity contribution in [3.63, 3.8) is 0 Å². The number of hydrogen-bond acceptors (Lipinski definition) is 5. The number of rotatable bonds is 9. The maximum atomic E-state index is 12.9. The number of carbonyl (C=O) groups is 1. The van der Waals surface area contributed by atoms with Gasteiger partial charge in [-0.15, -0.1) is 11.8 Å². The third kappa shape index (κ3) is 6.07. The van der Waals surface area contributed by atoms with E-state index in [1.165, 1.54) is 16.4 Å². The van der Waals surface area contributed by atoms with Gasteiger partial charge in [0.2, 0.25) is 10.0 Å². The van der Waals surface area contributed by atoms with E-state index in [1.807, 2.05) is 48.5 Å². The van der Waals surface area contributed by atoms with Crippen LogP contribution in [0.5, 0.6) is 0 Å². The Hall–Kier alpha value is -2.65. The van der Waals surface area contributed by atoms with Gasteiger partial charge in [-0.1, -0.05) is 42.5 Å². The summed E-state index contributed by atoms with van der Waals surface area (Å²) in [7, 11) is -2.09. The number of carbonyl (C=O) groups excluding carboxylic acids is 1. The van der Waals surface area contributed by atoms with Crippen molar-refractivity contribution in [2.24, 2.45) is 0 Å². The van der Waals surface area contributed by atoms with Gasteiger partial charge in [-0.25, -0.2) is 8.42 Å². The van der Waals surface area contributed by atoms with Gasteiger partial charge in [-0.3, -0.25) is 4.79 Å². The van der Waals surface area contributed by atoms with Gasteiger partial charge in [-0.2, -0.15) is 4.31 Å². The number of benzene rings is 3. The van der Waals surface area contributed by atoms with Gasteiger partial charge in [-0.05, 0) is 54.8 Å². The van der Waals surface area contributed by atoms with Crippen LogP contribution in [0.2, 0.25) is 0 Å². The van der Waals surface area contributed by atoms with E-state index in [9.17, 15) is 13.2 Å². The standard InChI is InChI=1S/C26H28N2O4S2/c1-28(18-20-8-3-2-4-9-20)34(30,31)23-15-13-21(14-16-23)27-26(29)24-11-5-6-12-25(24)33-19-22-10-7-17-32-22/h2-6,8-9,11-16,22H,7,10,17-19H2,1H3,(H,27,29). The molecule has 1 amide bonds. The Bertz CT molecular complexity index is 1210. The highest BCUT2D eigenvalue weighted by molar-refractivity contribution is 7.99. The van der Waals surface area contributed by atoms with Crippen LogP contribution in [0.4, 0.5) is 5.69 Å². The molecule has 178 valence electrons. The zero-order valence-electron chi connectivity index (χ0n) is 19.0. The first-order chi connectivity index (χ1) is 16.4. The van der Waals surface area contributed by atoms with E-state index >= 15 is 0 Å². The van der Waals surface area contributed by atoms with E-state index in [1.54, 1.807) is 37.0 Å². The molecule has 1 atom stereocenters. The Kier molecular flexibility index (Phi) is 8.05. The molecule has 8 heteroatoms. The number of amides is 1. The van der Waals surface area contributed by atoms with E-state index in [2.05, 4.69) is 5.32 Å². The molecule has 1 aliphatic rings. The van der Waals surface area contributed by atoms with Gasteiger partial charge in [0.1, 0.15) is 0 Å². The lowest BCUT2D eigenvalue weighted by Gasteiger charge is -2.17. The molecule has 0 saturated carbocycles. The van der Waals surface area contributed by atoms with Gasteiger partial charge in [0.15, 0.2) is 0 Å². The van der Waals surface area contributed by atoms with Crippen molar-refractivity contribution in [1.82, 2.24) is 4.31 Å². The number of hydrogen-bond donors (Lipinski definition) is 1. The van der Waals surface area contributed by atoms with E-state index < -0.39 is 10.0 Å². The molecule has 1 heterocycles. The number of ether oxygens (including phenoxy) is 1. The molecular weight excluding hydrogens is 468 g/mol. The second kappa shape index (κ2) is 11.2. The number of sulfonamides is 1. The fourth-order valence-electron chi connectivity index (χ4n) is 3.75. The third-order valence-corrected chi connectivity index (χ3v) is 8.67. The molecule has 3 aromatic rings. The molecule has 6 nitrogen and oxygen atoms in total. The van der Waals surface area contributed by atoms with E-state index in [0.29, 0.717) is 11.3 Å². The minimum atomic E-state index is -3.65. The van der Waals surface area contributed by atoms with Crippen molar-refractivity contribution in [2.45, 2.75) is 35.3 Å². The molecule has 0 aliphatic carbocycles. The first-order valence-corrected chi connectivity index (χ1v) is 13.6. The Morgan fingerprint density at radius 1 is 1.03 bits per heavy atom. The Morgan fingerprint density at radius 2 is 1.74 bits per heavy atom. The zero-order chi connectivity index (χ0) is 24.0. The molecule has 1 unspecified atom stereocenters. The highest BCUT2D eigenvalue weighted by Crippen LogP contribution is 2.27. The lowest BCUT2D eigenvalue weighted by Crippen LogP contribution is -2.26. The van der Waals surface area contributed by atoms with Crippen molar-refractivity contribution < 1.29 is 17.9 Å². The van der Waals surface area contributed by atoms with Gasteiger partial charge in [0.05, 0.1) is 16.6 Å². The van der Waals surface area contributed by atoms with Crippen molar-refractivity contribution in [2.75, 3.05) is 24.7 Å². The summed E-state index contributed by atoms with van der Waals surface area (Å²) in [6.45, 7) is 1.09. The average molecular weight is 497 g/mol. The molecule has 4 rings (SSSR count). The summed E-state index contributed by atoms with van der Waals surface area (Å²) in [6, 6.07) is 23.2. The molecule has 3 aromatic carbocycles. The van der Waals surface area contributed by atoms with Crippen LogP contribution in [-0.2, 0) is 21.3 Å². The van der Waals surface area contributed by atoms with Crippen LogP contribution in [0.1, 0.15) is 28.8 Å². The Labute approximate surface area is 205 Å². The third-order valence-electron chi connectivity index (χ3n) is 5.65. The van der Waals surface area contributed by atoms with Crippen LogP contribution in [0.3, 0.4) is 0 Å². The first-order valence-electron chi connectivity index (χ1n) is 11.2. The highest BCUT2D eigenvalue weighted by atomic mass is 32.2. The largest absolute Gasteiger partial charge is 0.377 e. The zero-order valence-corrected chi connectivity index (χ0v) is 20.6. The summed E-state index contributed by atoms with van der Waals surface area (Å²) in [6.07, 6.45) is 2.37. The van der Waals surface area contributed by atoms with Crippen LogP contribution >= 0.6 is 11.8 Å². The molecule has 1 aliphatic heterocycles. The number of nitrogens with one attached hydrogen (secondary N) is 1. The van der Waals surface area contributed by atoms with E-state index in [0.717, 1.165) is 35.7 Å². The Balaban J connectivity index is 1.41. The summed E-state index contributed by atoms with van der Waals surface area (Å²) in [5.41, 5.74) is 2.03. The maximum Gasteiger partial charge on any atom is 0.256 e. The lowest BCUT2D eigenvalue weighted by atomic mass is 10.2. The normalized spacial score (nSPS) is 16.0. The predicted molar refractivity (Wildman–Crippen MR) is 136 cm³/mol. The molecule has 0 spiro atoms. The average Bonchev–Trinajstić information content (AvgIpc) is 3.37. The molecule has 1 fully saturated rings. The van der Waals surface area contributed by atoms with Crippen LogP contribution in [0.15, 0.2) is 88.7 Å². The van der Waals surface area contributed by atoms with Crippen LogP contribution < -0.4 is 5.32 Å². The van der Waals surface area contributed by atoms with E-state index in [-0.39, 0.29) is 23.5 Å². The van der Waals surface area contributed by atoms with Crippen LogP contribution in [0, 0.1) is 0 Å². The van der Waals surface area contributed by atoms with Gasteiger partial charge < -0.3 is 10.1 Å². The lowest BCUT2D eigenvalue weighted by molar-refractivity contribution is 0.102. The highest BCUT2D eigenvalue weighted by Gasteiger charge is 2.21. The fraction of sp³-hybridized carbons (Fsp3) is 0.269. The molecule has 0 aromatic heterocycles. The monoisotopic (exact) mass is 496 g/mol. The van der Waals surface area contributed by atoms with Crippen molar-refractivity contribution in [3.8, 4) is 0 Å². The van der Waals surface area contributed by atoms with Gasteiger partial charge >= 0.3 is 0 Å². The van der Waals surface area contributed by atoms with Crippen LogP contribution in [-0.4, -0.2) is 44.1 Å². The molecule has 0 bridgehead atoms. The summed E-state index contributed by atoms with van der Waals surface area (Å²) in [5.74, 6) is 0.583. The topological polar surface area (TPSA) is 75.7 Å². The quantitative estimate of drug-likeness (QED) is 0.421. The molecule has 34 heavy (non-hydrogen) atoms.